The number of aromatic carboxylic acids is 1. The molecular formula is C11H12N4O5S2. The molecule has 0 spiro atoms. The van der Waals surface area contributed by atoms with E-state index in [-0.39, 0.29) is 21.2 Å². The smallest absolute Gasteiger partial charge is 0.345 e. The lowest BCUT2D eigenvalue weighted by molar-refractivity contribution is 0.0701. The average molecular weight is 344 g/mol. The molecule has 22 heavy (non-hydrogen) atoms. The fourth-order valence-corrected chi connectivity index (χ4v) is 3.78. The molecule has 0 aliphatic carbocycles. The molecule has 2 aromatic heterocycles. The van der Waals surface area contributed by atoms with E-state index in [2.05, 4.69) is 9.82 Å². The van der Waals surface area contributed by atoms with Crippen LogP contribution in [0.4, 0.5) is 5.69 Å². The van der Waals surface area contributed by atoms with Crippen molar-refractivity contribution in [1.29, 1.82) is 0 Å². The number of hydrogen-bond acceptors (Lipinski definition) is 6. The third-order valence-electron chi connectivity index (χ3n) is 2.66. The van der Waals surface area contributed by atoms with Gasteiger partial charge in [0.05, 0.1) is 10.6 Å². The molecular weight excluding hydrogens is 332 g/mol. The van der Waals surface area contributed by atoms with Gasteiger partial charge in [-0.3, -0.25) is 14.2 Å². The van der Waals surface area contributed by atoms with Crippen molar-refractivity contribution in [1.82, 2.24) is 9.78 Å². The third-order valence-corrected chi connectivity index (χ3v) is 5.07. The standard InChI is InChI=1S/C11H12N4O5S2/c1-2-15-4-7(9(13-15)10(12)16)14-22(19,20)6-3-8(11(17)18)21-5-6/h3-5,14H,2H2,1H3,(H2,12,16)(H,17,18). The van der Waals surface area contributed by atoms with Crippen LogP contribution in [0.2, 0.25) is 0 Å². The van der Waals surface area contributed by atoms with Crippen LogP contribution in [-0.4, -0.2) is 35.2 Å². The Hall–Kier alpha value is -2.40. The van der Waals surface area contributed by atoms with Gasteiger partial charge in [-0.15, -0.1) is 11.3 Å². The first-order chi connectivity index (χ1) is 10.2. The molecule has 2 rings (SSSR count). The Morgan fingerprint density at radius 2 is 2.18 bits per heavy atom. The molecule has 2 aromatic rings. The molecule has 0 aliphatic heterocycles. The van der Waals surface area contributed by atoms with Gasteiger partial charge in [0.2, 0.25) is 0 Å². The molecule has 4 N–H and O–H groups in total. The van der Waals surface area contributed by atoms with Crippen molar-refractivity contribution < 1.29 is 23.1 Å². The van der Waals surface area contributed by atoms with E-state index in [1.807, 2.05) is 0 Å². The number of aromatic nitrogens is 2. The molecule has 9 nitrogen and oxygen atoms in total. The molecule has 118 valence electrons. The zero-order valence-electron chi connectivity index (χ0n) is 11.3. The first-order valence-corrected chi connectivity index (χ1v) is 8.32. The van der Waals surface area contributed by atoms with Gasteiger partial charge in [-0.05, 0) is 13.0 Å². The van der Waals surface area contributed by atoms with Crippen LogP contribution in [0.1, 0.15) is 27.1 Å². The van der Waals surface area contributed by atoms with Gasteiger partial charge in [0.1, 0.15) is 4.88 Å². The Morgan fingerprint density at radius 3 is 2.68 bits per heavy atom. The Morgan fingerprint density at radius 1 is 1.50 bits per heavy atom. The molecule has 1 amide bonds. The van der Waals surface area contributed by atoms with Gasteiger partial charge in [-0.1, -0.05) is 0 Å². The SMILES string of the molecule is CCn1cc(NS(=O)(=O)c2csc(C(=O)O)c2)c(C(N)=O)n1. The summed E-state index contributed by atoms with van der Waals surface area (Å²) < 4.78 is 28.0. The summed E-state index contributed by atoms with van der Waals surface area (Å²) in [5.74, 6) is -2.09. The summed E-state index contributed by atoms with van der Waals surface area (Å²) in [4.78, 5) is 21.8. The zero-order valence-corrected chi connectivity index (χ0v) is 12.9. The van der Waals surface area contributed by atoms with Gasteiger partial charge < -0.3 is 10.8 Å². The number of carbonyl (C=O) groups is 2. The van der Waals surface area contributed by atoms with E-state index < -0.39 is 21.9 Å². The zero-order chi connectivity index (χ0) is 16.5. The Kier molecular flexibility index (Phi) is 4.19. The van der Waals surface area contributed by atoms with Crippen molar-refractivity contribution in [2.75, 3.05) is 4.72 Å². The molecule has 0 aromatic carbocycles. The van der Waals surface area contributed by atoms with Crippen molar-refractivity contribution in [3.8, 4) is 0 Å². The van der Waals surface area contributed by atoms with Crippen LogP contribution in [0.25, 0.3) is 0 Å². The summed E-state index contributed by atoms with van der Waals surface area (Å²) >= 11 is 0.784. The second kappa shape index (κ2) is 5.77. The number of nitrogens with two attached hydrogens (primary N) is 1. The largest absolute Gasteiger partial charge is 0.477 e. The second-order valence-electron chi connectivity index (χ2n) is 4.17. The lowest BCUT2D eigenvalue weighted by Gasteiger charge is -2.04. The van der Waals surface area contributed by atoms with E-state index in [9.17, 15) is 18.0 Å². The topological polar surface area (TPSA) is 144 Å². The van der Waals surface area contributed by atoms with Crippen LogP contribution >= 0.6 is 11.3 Å². The fraction of sp³-hybridized carbons (Fsp3) is 0.182. The fourth-order valence-electron chi connectivity index (χ4n) is 1.62. The van der Waals surface area contributed by atoms with Gasteiger partial charge in [-0.25, -0.2) is 13.2 Å². The minimum atomic E-state index is -4.04. The number of nitrogens with one attached hydrogen (secondary N) is 1. The summed E-state index contributed by atoms with van der Waals surface area (Å²) in [5.41, 5.74) is 4.89. The number of carboxylic acid groups (broad SMARTS) is 1. The van der Waals surface area contributed by atoms with E-state index in [0.717, 1.165) is 17.4 Å². The highest BCUT2D eigenvalue weighted by Gasteiger charge is 2.23. The summed E-state index contributed by atoms with van der Waals surface area (Å²) in [7, 11) is -4.04. The van der Waals surface area contributed by atoms with Crippen LogP contribution in [0.15, 0.2) is 22.5 Å². The van der Waals surface area contributed by atoms with Crippen molar-refractivity contribution in [3.05, 3.63) is 28.2 Å². The Bertz CT molecular complexity index is 837. The van der Waals surface area contributed by atoms with E-state index in [0.29, 0.717) is 6.54 Å². The van der Waals surface area contributed by atoms with Crippen LogP contribution < -0.4 is 10.5 Å². The molecule has 0 bridgehead atoms. The van der Waals surface area contributed by atoms with Gasteiger partial charge in [0.15, 0.2) is 5.69 Å². The number of thiophene rings is 1. The van der Waals surface area contributed by atoms with Crippen molar-refractivity contribution in [3.63, 3.8) is 0 Å². The maximum absolute atomic E-state index is 12.2. The number of carboxylic acids is 1. The first-order valence-electron chi connectivity index (χ1n) is 5.96. The predicted octanol–water partition coefficient (Wildman–Crippen LogP) is 0.562. The molecule has 0 aliphatic rings. The Balaban J connectivity index is 2.37. The lowest BCUT2D eigenvalue weighted by atomic mass is 10.4. The maximum atomic E-state index is 12.2. The molecule has 0 unspecified atom stereocenters. The maximum Gasteiger partial charge on any atom is 0.345 e. The summed E-state index contributed by atoms with van der Waals surface area (Å²) in [6.07, 6.45) is 1.34. The number of carbonyl (C=O) groups excluding carboxylic acids is 1. The summed E-state index contributed by atoms with van der Waals surface area (Å²) in [5, 5.41) is 13.9. The number of nitrogens with zero attached hydrogens (tertiary/aromatic N) is 2. The summed E-state index contributed by atoms with van der Waals surface area (Å²) in [6, 6.07) is 1.03. The second-order valence-corrected chi connectivity index (χ2v) is 6.76. The van der Waals surface area contributed by atoms with E-state index in [1.54, 1.807) is 6.92 Å². The highest BCUT2D eigenvalue weighted by Crippen LogP contribution is 2.23. The molecule has 11 heteroatoms. The number of hydrogen-bond donors (Lipinski definition) is 3. The molecule has 0 fully saturated rings. The number of anilines is 1. The highest BCUT2D eigenvalue weighted by molar-refractivity contribution is 7.92. The monoisotopic (exact) mass is 344 g/mol. The number of sulfonamides is 1. The van der Waals surface area contributed by atoms with Crippen LogP contribution in [0, 0.1) is 0 Å². The molecule has 0 radical (unpaired) electrons. The van der Waals surface area contributed by atoms with Crippen molar-refractivity contribution in [2.24, 2.45) is 5.73 Å². The Labute approximate surface area is 129 Å². The van der Waals surface area contributed by atoms with E-state index in [1.165, 1.54) is 16.3 Å². The molecule has 0 saturated carbocycles. The predicted molar refractivity (Wildman–Crippen MR) is 78.5 cm³/mol. The average Bonchev–Trinajstić information content (AvgIpc) is 3.04. The van der Waals surface area contributed by atoms with Crippen LogP contribution in [0.5, 0.6) is 0 Å². The van der Waals surface area contributed by atoms with Crippen LogP contribution in [-0.2, 0) is 16.6 Å². The molecule has 2 heterocycles. The van der Waals surface area contributed by atoms with Crippen molar-refractivity contribution >= 4 is 38.9 Å². The minimum Gasteiger partial charge on any atom is -0.477 e. The number of primary amides is 1. The quantitative estimate of drug-likeness (QED) is 0.698. The van der Waals surface area contributed by atoms with Crippen molar-refractivity contribution in [2.45, 2.75) is 18.4 Å². The van der Waals surface area contributed by atoms with Crippen LogP contribution in [0.3, 0.4) is 0 Å². The first kappa shape index (κ1) is 16.0. The van der Waals surface area contributed by atoms with Gasteiger partial charge >= 0.3 is 5.97 Å². The number of rotatable bonds is 6. The van der Waals surface area contributed by atoms with Gasteiger partial charge in [0.25, 0.3) is 15.9 Å². The van der Waals surface area contributed by atoms with Gasteiger partial charge in [0, 0.05) is 18.1 Å². The number of aryl methyl sites for hydroxylation is 1. The lowest BCUT2D eigenvalue weighted by Crippen LogP contribution is -2.18. The highest BCUT2D eigenvalue weighted by atomic mass is 32.2. The van der Waals surface area contributed by atoms with E-state index >= 15 is 0 Å². The molecule has 0 saturated heterocycles. The van der Waals surface area contributed by atoms with E-state index in [4.69, 9.17) is 10.8 Å². The normalized spacial score (nSPS) is 11.3. The number of amides is 1. The summed E-state index contributed by atoms with van der Waals surface area (Å²) in [6.45, 7) is 2.18. The van der Waals surface area contributed by atoms with Gasteiger partial charge in [-0.2, -0.15) is 5.10 Å². The molecule has 0 atom stereocenters. The minimum absolute atomic E-state index is 0.0579. The third kappa shape index (κ3) is 3.09.